The maximum atomic E-state index is 13.0. The van der Waals surface area contributed by atoms with Crippen LogP contribution in [0.4, 0.5) is 10.1 Å². The van der Waals surface area contributed by atoms with E-state index in [0.29, 0.717) is 5.01 Å². The number of amides is 1. The maximum Gasteiger partial charge on any atom is 0.331 e. The van der Waals surface area contributed by atoms with Crippen LogP contribution in [0.25, 0.3) is 16.3 Å². The number of nitrogens with zero attached hydrogens (tertiary/aromatic N) is 1. The second-order valence-electron chi connectivity index (χ2n) is 5.55. The second-order valence-corrected chi connectivity index (χ2v) is 7.02. The summed E-state index contributed by atoms with van der Waals surface area (Å²) in [7, 11) is 0. The van der Waals surface area contributed by atoms with Gasteiger partial charge in [-0.15, -0.1) is 11.3 Å². The first-order chi connectivity index (χ1) is 12.9. The van der Waals surface area contributed by atoms with E-state index >= 15 is 0 Å². The molecule has 0 fully saturated rings. The largest absolute Gasteiger partial charge is 0.449 e. The van der Waals surface area contributed by atoms with Crippen molar-refractivity contribution in [3.8, 4) is 0 Å². The van der Waals surface area contributed by atoms with Crippen molar-refractivity contribution in [1.29, 1.82) is 0 Å². The molecule has 0 aliphatic rings. The summed E-state index contributed by atoms with van der Waals surface area (Å²) in [4.78, 5) is 28.4. The molecule has 0 aliphatic heterocycles. The summed E-state index contributed by atoms with van der Waals surface area (Å²) >= 11 is 7.29. The minimum atomic E-state index is -1.06. The molecule has 1 N–H and O–H groups in total. The highest BCUT2D eigenvalue weighted by Gasteiger charge is 2.18. The number of benzene rings is 2. The topological polar surface area (TPSA) is 68.3 Å². The van der Waals surface area contributed by atoms with Crippen LogP contribution in [-0.4, -0.2) is 23.0 Å². The first-order valence-corrected chi connectivity index (χ1v) is 9.12. The standard InChI is InChI=1S/C19H14ClFN2O3S/c1-11(19(25)23-14-7-6-12(21)10-13(14)20)26-18(24)9-8-17-22-15-4-2-3-5-16(15)27-17/h2-11H,1H3,(H,23,25)/b9-8+/t11-/m1/s1. The van der Waals surface area contributed by atoms with E-state index in [-0.39, 0.29) is 10.7 Å². The highest BCUT2D eigenvalue weighted by molar-refractivity contribution is 7.19. The molecule has 3 rings (SSSR count). The number of nitrogens with one attached hydrogen (secondary N) is 1. The molecule has 0 saturated heterocycles. The van der Waals surface area contributed by atoms with Gasteiger partial charge >= 0.3 is 5.97 Å². The Labute approximate surface area is 163 Å². The Kier molecular flexibility index (Phi) is 5.83. The average molecular weight is 405 g/mol. The predicted molar refractivity (Wildman–Crippen MR) is 104 cm³/mol. The monoisotopic (exact) mass is 404 g/mol. The van der Waals surface area contributed by atoms with Crippen LogP contribution in [0.2, 0.25) is 5.02 Å². The van der Waals surface area contributed by atoms with Crippen LogP contribution in [-0.2, 0) is 14.3 Å². The van der Waals surface area contributed by atoms with Gasteiger partial charge in [0.15, 0.2) is 6.10 Å². The summed E-state index contributed by atoms with van der Waals surface area (Å²) < 4.78 is 19.1. The van der Waals surface area contributed by atoms with Crippen LogP contribution in [0.1, 0.15) is 11.9 Å². The van der Waals surface area contributed by atoms with E-state index in [4.69, 9.17) is 16.3 Å². The predicted octanol–water partition coefficient (Wildman–Crippen LogP) is 4.67. The van der Waals surface area contributed by atoms with Crippen molar-refractivity contribution in [1.82, 2.24) is 4.98 Å². The van der Waals surface area contributed by atoms with Gasteiger partial charge in [-0.2, -0.15) is 0 Å². The van der Waals surface area contributed by atoms with Crippen LogP contribution in [0.5, 0.6) is 0 Å². The van der Waals surface area contributed by atoms with E-state index < -0.39 is 23.8 Å². The molecular formula is C19H14ClFN2O3S. The Hall–Kier alpha value is -2.77. The Morgan fingerprint density at radius 2 is 2.07 bits per heavy atom. The van der Waals surface area contributed by atoms with Crippen molar-refractivity contribution in [3.05, 3.63) is 64.4 Å². The molecule has 0 aliphatic carbocycles. The fraction of sp³-hybridized carbons (Fsp3) is 0.105. The summed E-state index contributed by atoms with van der Waals surface area (Å²) in [5.74, 6) is -1.77. The van der Waals surface area contributed by atoms with Gasteiger partial charge < -0.3 is 10.1 Å². The molecule has 0 spiro atoms. The molecule has 1 amide bonds. The Balaban J connectivity index is 1.58. The highest BCUT2D eigenvalue weighted by Crippen LogP contribution is 2.23. The Morgan fingerprint density at radius 1 is 1.30 bits per heavy atom. The fourth-order valence-electron chi connectivity index (χ4n) is 2.19. The van der Waals surface area contributed by atoms with Crippen LogP contribution < -0.4 is 5.32 Å². The van der Waals surface area contributed by atoms with E-state index in [2.05, 4.69) is 10.3 Å². The Morgan fingerprint density at radius 3 is 2.81 bits per heavy atom. The molecule has 1 heterocycles. The third-order valence-electron chi connectivity index (χ3n) is 3.52. The number of rotatable bonds is 5. The average Bonchev–Trinajstić information content (AvgIpc) is 3.05. The summed E-state index contributed by atoms with van der Waals surface area (Å²) in [5.41, 5.74) is 1.08. The number of fused-ring (bicyclic) bond motifs is 1. The number of ether oxygens (including phenoxy) is 1. The molecule has 1 atom stereocenters. The molecular weight excluding hydrogens is 391 g/mol. The van der Waals surface area contributed by atoms with Crippen molar-refractivity contribution in [2.24, 2.45) is 0 Å². The van der Waals surface area contributed by atoms with E-state index in [9.17, 15) is 14.0 Å². The summed E-state index contributed by atoms with van der Waals surface area (Å²) in [6, 6.07) is 11.2. The van der Waals surface area contributed by atoms with Crippen LogP contribution >= 0.6 is 22.9 Å². The van der Waals surface area contributed by atoms with Crippen LogP contribution in [0.15, 0.2) is 48.5 Å². The quantitative estimate of drug-likeness (QED) is 0.495. The Bertz CT molecular complexity index is 1000. The SMILES string of the molecule is C[C@@H](OC(=O)/C=C/c1nc2ccccc2s1)C(=O)Nc1ccc(F)cc1Cl. The normalized spacial score (nSPS) is 12.3. The third kappa shape index (κ3) is 4.90. The van der Waals surface area contributed by atoms with Crippen LogP contribution in [0, 0.1) is 5.82 Å². The first kappa shape index (κ1) is 19.0. The lowest BCUT2D eigenvalue weighted by Crippen LogP contribution is -2.29. The van der Waals surface area contributed by atoms with Gasteiger partial charge in [0, 0.05) is 6.08 Å². The van der Waals surface area contributed by atoms with Crippen LogP contribution in [0.3, 0.4) is 0 Å². The first-order valence-electron chi connectivity index (χ1n) is 7.92. The number of esters is 1. The molecule has 138 valence electrons. The minimum absolute atomic E-state index is 0.0533. The molecule has 0 bridgehead atoms. The molecule has 0 unspecified atom stereocenters. The maximum absolute atomic E-state index is 13.0. The molecule has 27 heavy (non-hydrogen) atoms. The van der Waals surface area contributed by atoms with E-state index in [1.54, 1.807) is 0 Å². The third-order valence-corrected chi connectivity index (χ3v) is 4.84. The zero-order valence-corrected chi connectivity index (χ0v) is 15.7. The van der Waals surface area contributed by atoms with Gasteiger partial charge in [0.2, 0.25) is 0 Å². The van der Waals surface area contributed by atoms with Gasteiger partial charge in [-0.1, -0.05) is 23.7 Å². The molecule has 2 aromatic carbocycles. The smallest absolute Gasteiger partial charge is 0.331 e. The number of aromatic nitrogens is 1. The molecule has 3 aromatic rings. The number of anilines is 1. The van der Waals surface area contributed by atoms with E-state index in [0.717, 1.165) is 16.3 Å². The lowest BCUT2D eigenvalue weighted by atomic mass is 10.3. The van der Waals surface area contributed by atoms with Crippen molar-refractivity contribution in [2.75, 3.05) is 5.32 Å². The molecule has 8 heteroatoms. The van der Waals surface area contributed by atoms with Gasteiger partial charge in [0.1, 0.15) is 10.8 Å². The number of carbonyl (C=O) groups excluding carboxylic acids is 2. The number of halogens is 2. The van der Waals surface area contributed by atoms with E-state index in [1.807, 2.05) is 24.3 Å². The number of para-hydroxylation sites is 1. The van der Waals surface area contributed by atoms with E-state index in [1.165, 1.54) is 42.5 Å². The minimum Gasteiger partial charge on any atom is -0.449 e. The lowest BCUT2D eigenvalue weighted by molar-refractivity contribution is -0.148. The molecule has 0 saturated carbocycles. The van der Waals surface area contributed by atoms with Gasteiger partial charge in [-0.05, 0) is 43.3 Å². The highest BCUT2D eigenvalue weighted by atomic mass is 35.5. The number of carbonyl (C=O) groups is 2. The van der Waals surface area contributed by atoms with Crippen molar-refractivity contribution in [3.63, 3.8) is 0 Å². The number of thiazole rings is 1. The summed E-state index contributed by atoms with van der Waals surface area (Å²) in [6.07, 6.45) is 1.69. The molecule has 0 radical (unpaired) electrons. The van der Waals surface area contributed by atoms with Crippen molar-refractivity contribution in [2.45, 2.75) is 13.0 Å². The van der Waals surface area contributed by atoms with Gasteiger partial charge in [-0.25, -0.2) is 14.2 Å². The molecule has 1 aromatic heterocycles. The molecule has 5 nitrogen and oxygen atoms in total. The zero-order chi connectivity index (χ0) is 19.4. The van der Waals surface area contributed by atoms with Gasteiger partial charge in [0.05, 0.1) is 20.9 Å². The summed E-state index contributed by atoms with van der Waals surface area (Å²) in [6.45, 7) is 1.43. The van der Waals surface area contributed by atoms with Crippen molar-refractivity contribution >= 4 is 56.8 Å². The van der Waals surface area contributed by atoms with Gasteiger partial charge in [-0.3, -0.25) is 4.79 Å². The van der Waals surface area contributed by atoms with Gasteiger partial charge in [0.25, 0.3) is 5.91 Å². The lowest BCUT2D eigenvalue weighted by Gasteiger charge is -2.13. The zero-order valence-electron chi connectivity index (χ0n) is 14.1. The number of hydrogen-bond donors (Lipinski definition) is 1. The van der Waals surface area contributed by atoms with Crippen molar-refractivity contribution < 1.29 is 18.7 Å². The second kappa shape index (κ2) is 8.28. The fourth-order valence-corrected chi connectivity index (χ4v) is 3.28. The number of hydrogen-bond acceptors (Lipinski definition) is 5. The summed E-state index contributed by atoms with van der Waals surface area (Å²) in [5, 5.41) is 3.19.